The molecule has 2 amide bonds. The lowest BCUT2D eigenvalue weighted by atomic mass is 9.93. The van der Waals surface area contributed by atoms with Gasteiger partial charge < -0.3 is 10.2 Å². The molecule has 3 rings (SSSR count). The lowest BCUT2D eigenvalue weighted by molar-refractivity contribution is -0.135. The van der Waals surface area contributed by atoms with Gasteiger partial charge in [-0.05, 0) is 43.7 Å². The van der Waals surface area contributed by atoms with Crippen molar-refractivity contribution in [2.24, 2.45) is 5.92 Å². The van der Waals surface area contributed by atoms with Crippen LogP contribution in [0.15, 0.2) is 24.5 Å². The van der Waals surface area contributed by atoms with E-state index >= 15 is 0 Å². The first-order chi connectivity index (χ1) is 10.6. The number of alkyl halides is 1. The largest absolute Gasteiger partial charge is 0.353 e. The smallest absolute Gasteiger partial charge is 0.259 e. The summed E-state index contributed by atoms with van der Waals surface area (Å²) in [5.74, 6) is -0.323. The molecule has 0 aromatic carbocycles. The maximum atomic E-state index is 14.9. The van der Waals surface area contributed by atoms with E-state index < -0.39 is 11.6 Å². The van der Waals surface area contributed by atoms with Gasteiger partial charge in [0.1, 0.15) is 0 Å². The van der Waals surface area contributed by atoms with Gasteiger partial charge in [-0.15, -0.1) is 0 Å². The Hall–Kier alpha value is -1.98. The van der Waals surface area contributed by atoms with Crippen molar-refractivity contribution in [2.75, 3.05) is 19.6 Å². The van der Waals surface area contributed by atoms with E-state index in [9.17, 15) is 14.0 Å². The fourth-order valence-electron chi connectivity index (χ4n) is 2.76. The summed E-state index contributed by atoms with van der Waals surface area (Å²) in [5.41, 5.74) is -1.51. The molecule has 0 bridgehead atoms. The Labute approximate surface area is 128 Å². The lowest BCUT2D eigenvalue weighted by Gasteiger charge is -2.36. The van der Waals surface area contributed by atoms with Gasteiger partial charge in [0.25, 0.3) is 11.8 Å². The zero-order chi connectivity index (χ0) is 15.6. The number of piperidine rings is 1. The molecule has 118 valence electrons. The highest BCUT2D eigenvalue weighted by atomic mass is 19.1. The Bertz CT molecular complexity index is 562. The highest BCUT2D eigenvalue weighted by Gasteiger charge is 2.44. The van der Waals surface area contributed by atoms with Crippen LogP contribution in [0.25, 0.3) is 0 Å². The number of nitrogens with one attached hydrogen (secondary N) is 1. The SMILES string of the molecule is O=C(c1ccncc1)N1CCCC(F)(C(=O)NCC2CC2)C1. The number of likely N-dealkylation sites (tertiary alicyclic amines) is 1. The van der Waals surface area contributed by atoms with Crippen molar-refractivity contribution in [1.29, 1.82) is 0 Å². The summed E-state index contributed by atoms with van der Waals surface area (Å²) in [5, 5.41) is 2.69. The van der Waals surface area contributed by atoms with E-state index in [2.05, 4.69) is 10.3 Å². The topological polar surface area (TPSA) is 62.3 Å². The number of pyridine rings is 1. The van der Waals surface area contributed by atoms with Crippen LogP contribution in [0.5, 0.6) is 0 Å². The minimum absolute atomic E-state index is 0.170. The van der Waals surface area contributed by atoms with Crippen LogP contribution in [0.1, 0.15) is 36.0 Å². The molecule has 2 fully saturated rings. The van der Waals surface area contributed by atoms with E-state index in [1.54, 1.807) is 12.1 Å². The Morgan fingerprint density at radius 1 is 1.36 bits per heavy atom. The molecule has 2 aliphatic rings. The van der Waals surface area contributed by atoms with Crippen molar-refractivity contribution in [3.63, 3.8) is 0 Å². The Morgan fingerprint density at radius 3 is 2.77 bits per heavy atom. The standard InChI is InChI=1S/C16H20FN3O2/c17-16(15(22)19-10-12-2-3-12)6-1-9-20(11-16)14(21)13-4-7-18-8-5-13/h4-5,7-8,12H,1-3,6,9-11H2,(H,19,22). The molecule has 0 spiro atoms. The number of carbonyl (C=O) groups is 2. The first kappa shape index (κ1) is 14.9. The van der Waals surface area contributed by atoms with E-state index in [4.69, 9.17) is 0 Å². The molecular weight excluding hydrogens is 285 g/mol. The summed E-state index contributed by atoms with van der Waals surface area (Å²) >= 11 is 0. The molecule has 1 saturated carbocycles. The van der Waals surface area contributed by atoms with Gasteiger partial charge in [0.2, 0.25) is 5.67 Å². The lowest BCUT2D eigenvalue weighted by Crippen LogP contribution is -2.55. The monoisotopic (exact) mass is 305 g/mol. The van der Waals surface area contributed by atoms with Crippen LogP contribution in [0.2, 0.25) is 0 Å². The minimum Gasteiger partial charge on any atom is -0.353 e. The van der Waals surface area contributed by atoms with Crippen molar-refractivity contribution in [1.82, 2.24) is 15.2 Å². The zero-order valence-corrected chi connectivity index (χ0v) is 12.4. The molecule has 6 heteroatoms. The normalized spacial score (nSPS) is 24.9. The quantitative estimate of drug-likeness (QED) is 0.918. The van der Waals surface area contributed by atoms with Crippen molar-refractivity contribution in [3.8, 4) is 0 Å². The first-order valence-electron chi connectivity index (χ1n) is 7.75. The maximum absolute atomic E-state index is 14.9. The molecular formula is C16H20FN3O2. The van der Waals surface area contributed by atoms with E-state index in [-0.39, 0.29) is 18.9 Å². The summed E-state index contributed by atoms with van der Waals surface area (Å²) in [6.07, 6.45) is 5.93. The van der Waals surface area contributed by atoms with E-state index in [1.807, 2.05) is 0 Å². The Balaban J connectivity index is 1.64. The predicted octanol–water partition coefficient (Wildman–Crippen LogP) is 1.55. The number of hydrogen-bond acceptors (Lipinski definition) is 3. The summed E-state index contributed by atoms with van der Waals surface area (Å²) in [7, 11) is 0. The van der Waals surface area contributed by atoms with Crippen LogP contribution >= 0.6 is 0 Å². The molecule has 1 atom stereocenters. The fourth-order valence-corrected chi connectivity index (χ4v) is 2.76. The van der Waals surface area contributed by atoms with Gasteiger partial charge in [-0.1, -0.05) is 0 Å². The number of amides is 2. The summed E-state index contributed by atoms with van der Waals surface area (Å²) in [6.45, 7) is 0.843. The van der Waals surface area contributed by atoms with Crippen LogP contribution < -0.4 is 5.32 Å². The van der Waals surface area contributed by atoms with Crippen LogP contribution in [0.4, 0.5) is 4.39 Å². The molecule has 1 aliphatic carbocycles. The number of carbonyl (C=O) groups excluding carboxylic acids is 2. The van der Waals surface area contributed by atoms with Gasteiger partial charge in [-0.25, -0.2) is 4.39 Å². The van der Waals surface area contributed by atoms with Gasteiger partial charge in [-0.2, -0.15) is 0 Å². The van der Waals surface area contributed by atoms with Crippen LogP contribution in [-0.2, 0) is 4.79 Å². The van der Waals surface area contributed by atoms with Gasteiger partial charge in [0, 0.05) is 31.0 Å². The molecule has 22 heavy (non-hydrogen) atoms. The molecule has 1 N–H and O–H groups in total. The molecule has 1 saturated heterocycles. The average molecular weight is 305 g/mol. The van der Waals surface area contributed by atoms with Crippen LogP contribution in [-0.4, -0.2) is 47.0 Å². The van der Waals surface area contributed by atoms with E-state index in [0.717, 1.165) is 12.8 Å². The van der Waals surface area contributed by atoms with Gasteiger partial charge in [0.05, 0.1) is 6.54 Å². The zero-order valence-electron chi connectivity index (χ0n) is 12.4. The molecule has 1 aromatic heterocycles. The first-order valence-corrected chi connectivity index (χ1v) is 7.75. The number of halogens is 1. The third kappa shape index (κ3) is 3.26. The van der Waals surface area contributed by atoms with Crippen molar-refractivity contribution < 1.29 is 14.0 Å². The van der Waals surface area contributed by atoms with Crippen molar-refractivity contribution >= 4 is 11.8 Å². The number of aromatic nitrogens is 1. The van der Waals surface area contributed by atoms with Gasteiger partial charge in [-0.3, -0.25) is 14.6 Å². The third-order valence-electron chi connectivity index (χ3n) is 4.31. The van der Waals surface area contributed by atoms with E-state index in [0.29, 0.717) is 31.0 Å². The van der Waals surface area contributed by atoms with E-state index in [1.165, 1.54) is 17.3 Å². The second-order valence-electron chi connectivity index (χ2n) is 6.18. The van der Waals surface area contributed by atoms with Crippen molar-refractivity contribution in [2.45, 2.75) is 31.4 Å². The average Bonchev–Trinajstić information content (AvgIpc) is 3.37. The third-order valence-corrected chi connectivity index (χ3v) is 4.31. The minimum atomic E-state index is -1.98. The van der Waals surface area contributed by atoms with Gasteiger partial charge >= 0.3 is 0 Å². The summed E-state index contributed by atoms with van der Waals surface area (Å²) in [6, 6.07) is 3.20. The molecule has 1 unspecified atom stereocenters. The number of rotatable bonds is 4. The van der Waals surface area contributed by atoms with Crippen molar-refractivity contribution in [3.05, 3.63) is 30.1 Å². The maximum Gasteiger partial charge on any atom is 0.259 e. The molecule has 0 radical (unpaired) electrons. The van der Waals surface area contributed by atoms with Crippen LogP contribution in [0.3, 0.4) is 0 Å². The van der Waals surface area contributed by atoms with Gasteiger partial charge in [0.15, 0.2) is 0 Å². The number of nitrogens with zero attached hydrogens (tertiary/aromatic N) is 2. The second kappa shape index (κ2) is 6.02. The highest BCUT2D eigenvalue weighted by Crippen LogP contribution is 2.29. The van der Waals surface area contributed by atoms with Crippen LogP contribution in [0, 0.1) is 5.92 Å². The second-order valence-corrected chi connectivity index (χ2v) is 6.18. The summed E-state index contributed by atoms with van der Waals surface area (Å²) in [4.78, 5) is 29.8. The summed E-state index contributed by atoms with van der Waals surface area (Å²) < 4.78 is 14.9. The predicted molar refractivity (Wildman–Crippen MR) is 78.9 cm³/mol. The molecule has 2 heterocycles. The molecule has 1 aliphatic heterocycles. The Morgan fingerprint density at radius 2 is 2.09 bits per heavy atom. The number of hydrogen-bond donors (Lipinski definition) is 1. The Kier molecular flexibility index (Phi) is 4.09. The molecule has 5 nitrogen and oxygen atoms in total. The fraction of sp³-hybridized carbons (Fsp3) is 0.562. The molecule has 1 aromatic rings. The highest BCUT2D eigenvalue weighted by molar-refractivity contribution is 5.95.